The van der Waals surface area contributed by atoms with Crippen LogP contribution < -0.4 is 5.56 Å². The SMILES string of the molecule is CCc1nc(C)cn2nc(-c3cc(=O)n4cccc(C)c4n3)cc12. The highest BCUT2D eigenvalue weighted by Crippen LogP contribution is 2.20. The van der Waals surface area contributed by atoms with Crippen molar-refractivity contribution >= 4 is 11.2 Å². The van der Waals surface area contributed by atoms with Crippen LogP contribution in [0.1, 0.15) is 23.9 Å². The van der Waals surface area contributed by atoms with Crippen LogP contribution in [0.25, 0.3) is 22.6 Å². The minimum absolute atomic E-state index is 0.110. The second-order valence-corrected chi connectivity index (χ2v) is 5.91. The number of hydrogen-bond donors (Lipinski definition) is 0. The monoisotopic (exact) mass is 319 g/mol. The van der Waals surface area contributed by atoms with Gasteiger partial charge >= 0.3 is 0 Å². The molecule has 4 aromatic rings. The van der Waals surface area contributed by atoms with Gasteiger partial charge in [-0.05, 0) is 38.0 Å². The molecule has 0 fully saturated rings. The van der Waals surface area contributed by atoms with E-state index in [-0.39, 0.29) is 5.56 Å². The molecule has 0 aliphatic heterocycles. The average Bonchev–Trinajstić information content (AvgIpc) is 2.98. The lowest BCUT2D eigenvalue weighted by atomic mass is 10.2. The van der Waals surface area contributed by atoms with Gasteiger partial charge in [-0.15, -0.1) is 0 Å². The summed E-state index contributed by atoms with van der Waals surface area (Å²) in [5.74, 6) is 0. The van der Waals surface area contributed by atoms with Crippen molar-refractivity contribution in [2.75, 3.05) is 0 Å². The Labute approximate surface area is 138 Å². The number of pyridine rings is 1. The van der Waals surface area contributed by atoms with Gasteiger partial charge in [-0.25, -0.2) is 9.50 Å². The van der Waals surface area contributed by atoms with Crippen molar-refractivity contribution in [2.45, 2.75) is 27.2 Å². The van der Waals surface area contributed by atoms with Crippen LogP contribution in [0.15, 0.2) is 41.5 Å². The van der Waals surface area contributed by atoms with Crippen molar-refractivity contribution < 1.29 is 0 Å². The van der Waals surface area contributed by atoms with E-state index in [0.717, 1.165) is 28.9 Å². The second-order valence-electron chi connectivity index (χ2n) is 5.91. The van der Waals surface area contributed by atoms with Crippen LogP contribution in [0.3, 0.4) is 0 Å². The third-order valence-electron chi connectivity index (χ3n) is 4.14. The summed E-state index contributed by atoms with van der Waals surface area (Å²) in [6.45, 7) is 5.96. The Morgan fingerprint density at radius 1 is 1.12 bits per heavy atom. The molecule has 0 spiro atoms. The van der Waals surface area contributed by atoms with Crippen LogP contribution in [0.5, 0.6) is 0 Å². The molecule has 6 nitrogen and oxygen atoms in total. The summed E-state index contributed by atoms with van der Waals surface area (Å²) in [7, 11) is 0. The molecule has 0 aliphatic rings. The van der Waals surface area contributed by atoms with E-state index in [2.05, 4.69) is 22.0 Å². The smallest absolute Gasteiger partial charge is 0.258 e. The molecule has 0 unspecified atom stereocenters. The second kappa shape index (κ2) is 5.26. The zero-order valence-electron chi connectivity index (χ0n) is 13.8. The molecule has 4 rings (SSSR count). The fourth-order valence-electron chi connectivity index (χ4n) is 2.96. The third-order valence-corrected chi connectivity index (χ3v) is 4.14. The molecule has 0 bridgehead atoms. The first-order valence-corrected chi connectivity index (χ1v) is 7.92. The van der Waals surface area contributed by atoms with Gasteiger partial charge in [0, 0.05) is 12.3 Å². The first kappa shape index (κ1) is 14.6. The number of aryl methyl sites for hydroxylation is 3. The molecular formula is C18H17N5O. The van der Waals surface area contributed by atoms with Gasteiger partial charge in [0.15, 0.2) is 0 Å². The lowest BCUT2D eigenvalue weighted by Crippen LogP contribution is -2.14. The highest BCUT2D eigenvalue weighted by molar-refractivity contribution is 5.66. The third kappa shape index (κ3) is 2.19. The molecule has 0 N–H and O–H groups in total. The van der Waals surface area contributed by atoms with E-state index < -0.39 is 0 Å². The van der Waals surface area contributed by atoms with Gasteiger partial charge < -0.3 is 0 Å². The minimum atomic E-state index is -0.110. The standard InChI is InChI=1S/C18H17N5O/c1-4-13-16-8-15(21-23(16)10-12(3)19-13)14-9-17(24)22-7-5-6-11(2)18(22)20-14/h5-10H,4H2,1-3H3. The van der Waals surface area contributed by atoms with Crippen LogP contribution in [0.4, 0.5) is 0 Å². The van der Waals surface area contributed by atoms with Gasteiger partial charge in [0.1, 0.15) is 11.3 Å². The van der Waals surface area contributed by atoms with Gasteiger partial charge in [0.05, 0.1) is 28.8 Å². The van der Waals surface area contributed by atoms with E-state index >= 15 is 0 Å². The molecule has 24 heavy (non-hydrogen) atoms. The summed E-state index contributed by atoms with van der Waals surface area (Å²) in [4.78, 5) is 21.6. The van der Waals surface area contributed by atoms with Gasteiger partial charge in [-0.2, -0.15) is 5.10 Å². The Hall–Kier alpha value is -3.02. The van der Waals surface area contributed by atoms with E-state index in [1.54, 1.807) is 10.6 Å². The van der Waals surface area contributed by atoms with Crippen molar-refractivity contribution in [3.63, 3.8) is 0 Å². The highest BCUT2D eigenvalue weighted by atomic mass is 16.1. The topological polar surface area (TPSA) is 64.6 Å². The van der Waals surface area contributed by atoms with Crippen LogP contribution in [-0.2, 0) is 6.42 Å². The van der Waals surface area contributed by atoms with Gasteiger partial charge in [0.2, 0.25) is 0 Å². The van der Waals surface area contributed by atoms with Gasteiger partial charge in [-0.3, -0.25) is 14.2 Å². The van der Waals surface area contributed by atoms with Gasteiger partial charge in [-0.1, -0.05) is 13.0 Å². The zero-order valence-corrected chi connectivity index (χ0v) is 13.8. The van der Waals surface area contributed by atoms with Crippen molar-refractivity contribution in [2.24, 2.45) is 0 Å². The first-order chi connectivity index (χ1) is 11.6. The number of rotatable bonds is 2. The lowest BCUT2D eigenvalue weighted by molar-refractivity contribution is 0.893. The Kier molecular flexibility index (Phi) is 3.19. The van der Waals surface area contributed by atoms with Crippen molar-refractivity contribution in [1.29, 1.82) is 0 Å². The molecule has 0 saturated heterocycles. The Bertz CT molecular complexity index is 1140. The Morgan fingerprint density at radius 3 is 2.75 bits per heavy atom. The maximum Gasteiger partial charge on any atom is 0.258 e. The minimum Gasteiger partial charge on any atom is -0.269 e. The van der Waals surface area contributed by atoms with Crippen LogP contribution >= 0.6 is 0 Å². The quantitative estimate of drug-likeness (QED) is 0.569. The first-order valence-electron chi connectivity index (χ1n) is 7.92. The summed E-state index contributed by atoms with van der Waals surface area (Å²) in [5.41, 5.74) is 5.61. The van der Waals surface area contributed by atoms with E-state index in [9.17, 15) is 4.79 Å². The molecular weight excluding hydrogens is 302 g/mol. The number of nitrogens with zero attached hydrogens (tertiary/aromatic N) is 5. The van der Waals surface area contributed by atoms with Crippen molar-refractivity contribution in [3.8, 4) is 11.4 Å². The van der Waals surface area contributed by atoms with Gasteiger partial charge in [0.25, 0.3) is 5.56 Å². The predicted octanol–water partition coefficient (Wildman–Crippen LogP) is 2.58. The van der Waals surface area contributed by atoms with E-state index in [1.165, 1.54) is 6.07 Å². The normalized spacial score (nSPS) is 11.5. The van der Waals surface area contributed by atoms with Crippen LogP contribution in [-0.4, -0.2) is 24.0 Å². The van der Waals surface area contributed by atoms with E-state index in [1.807, 2.05) is 42.8 Å². The average molecular weight is 319 g/mol. The molecule has 0 aromatic carbocycles. The highest BCUT2D eigenvalue weighted by Gasteiger charge is 2.12. The lowest BCUT2D eigenvalue weighted by Gasteiger charge is -2.04. The zero-order chi connectivity index (χ0) is 16.8. The molecule has 0 atom stereocenters. The molecule has 120 valence electrons. The molecule has 0 amide bonds. The molecule has 4 aromatic heterocycles. The van der Waals surface area contributed by atoms with Crippen molar-refractivity contribution in [3.05, 3.63) is 64.0 Å². The largest absolute Gasteiger partial charge is 0.269 e. The maximum absolute atomic E-state index is 12.4. The van der Waals surface area contributed by atoms with Crippen LogP contribution in [0.2, 0.25) is 0 Å². The Balaban J connectivity index is 1.99. The molecule has 0 aliphatic carbocycles. The fraction of sp³-hybridized carbons (Fsp3) is 0.222. The molecule has 6 heteroatoms. The number of hydrogen-bond acceptors (Lipinski definition) is 4. The molecule has 4 heterocycles. The molecule has 0 saturated carbocycles. The summed E-state index contributed by atoms with van der Waals surface area (Å²) in [5, 5.41) is 4.60. The molecule has 0 radical (unpaired) electrons. The van der Waals surface area contributed by atoms with E-state index in [4.69, 9.17) is 0 Å². The summed E-state index contributed by atoms with van der Waals surface area (Å²) in [6, 6.07) is 7.26. The number of fused-ring (bicyclic) bond motifs is 2. The van der Waals surface area contributed by atoms with E-state index in [0.29, 0.717) is 17.0 Å². The fourth-order valence-corrected chi connectivity index (χ4v) is 2.96. The maximum atomic E-state index is 12.4. The van der Waals surface area contributed by atoms with Crippen molar-refractivity contribution in [1.82, 2.24) is 24.0 Å². The Morgan fingerprint density at radius 2 is 1.96 bits per heavy atom. The summed E-state index contributed by atoms with van der Waals surface area (Å²) >= 11 is 0. The summed E-state index contributed by atoms with van der Waals surface area (Å²) in [6.07, 6.45) is 4.44. The van der Waals surface area contributed by atoms with Crippen LogP contribution in [0, 0.1) is 13.8 Å². The predicted molar refractivity (Wildman–Crippen MR) is 92.3 cm³/mol. The summed E-state index contributed by atoms with van der Waals surface area (Å²) < 4.78 is 3.37. The number of aromatic nitrogens is 5.